The summed E-state index contributed by atoms with van der Waals surface area (Å²) < 4.78 is 26.1. The Balaban J connectivity index is 1.80. The van der Waals surface area contributed by atoms with Gasteiger partial charge in [-0.2, -0.15) is 0 Å². The third kappa shape index (κ3) is 4.00. The summed E-state index contributed by atoms with van der Waals surface area (Å²) in [6, 6.07) is 3.15. The standard InChI is InChI=1S/C15H19F2NO2/c16-12-6-5-11(13(17)8-12)7-15(20)18-9-14(19)10-3-1-2-4-10/h5-6,8,10,14,19H,1-4,7,9H2,(H,18,20). The van der Waals surface area contributed by atoms with Crippen molar-refractivity contribution in [2.24, 2.45) is 5.92 Å². The van der Waals surface area contributed by atoms with Crippen molar-refractivity contribution >= 4 is 5.91 Å². The van der Waals surface area contributed by atoms with Crippen molar-refractivity contribution in [2.45, 2.75) is 38.2 Å². The van der Waals surface area contributed by atoms with Crippen LogP contribution in [0.15, 0.2) is 18.2 Å². The Labute approximate surface area is 117 Å². The molecule has 110 valence electrons. The molecule has 1 aromatic rings. The highest BCUT2D eigenvalue weighted by atomic mass is 19.1. The molecular weight excluding hydrogens is 264 g/mol. The van der Waals surface area contributed by atoms with Crippen molar-refractivity contribution in [3.05, 3.63) is 35.4 Å². The molecule has 1 amide bonds. The predicted molar refractivity (Wildman–Crippen MR) is 71.0 cm³/mol. The second-order valence-corrected chi connectivity index (χ2v) is 5.33. The van der Waals surface area contributed by atoms with Crippen molar-refractivity contribution in [1.29, 1.82) is 0 Å². The van der Waals surface area contributed by atoms with Gasteiger partial charge in [0.05, 0.1) is 12.5 Å². The number of aliphatic hydroxyl groups is 1. The van der Waals surface area contributed by atoms with Gasteiger partial charge in [0, 0.05) is 12.6 Å². The molecular formula is C15H19F2NO2. The van der Waals surface area contributed by atoms with E-state index in [4.69, 9.17) is 0 Å². The molecule has 1 fully saturated rings. The summed E-state index contributed by atoms with van der Waals surface area (Å²) in [6.45, 7) is 0.187. The zero-order valence-corrected chi connectivity index (χ0v) is 11.2. The van der Waals surface area contributed by atoms with Crippen LogP contribution in [0.2, 0.25) is 0 Å². The number of carbonyl (C=O) groups excluding carboxylic acids is 1. The molecule has 20 heavy (non-hydrogen) atoms. The summed E-state index contributed by atoms with van der Waals surface area (Å²) in [4.78, 5) is 11.7. The number of rotatable bonds is 5. The molecule has 2 rings (SSSR count). The molecule has 1 aliphatic rings. The maximum atomic E-state index is 13.4. The maximum absolute atomic E-state index is 13.4. The van der Waals surface area contributed by atoms with Gasteiger partial charge in [-0.25, -0.2) is 8.78 Å². The number of carbonyl (C=O) groups is 1. The zero-order chi connectivity index (χ0) is 14.5. The van der Waals surface area contributed by atoms with Gasteiger partial charge in [-0.3, -0.25) is 4.79 Å². The van der Waals surface area contributed by atoms with Crippen molar-refractivity contribution in [1.82, 2.24) is 5.32 Å². The van der Waals surface area contributed by atoms with Crippen LogP contribution in [0.4, 0.5) is 8.78 Å². The first-order chi connectivity index (χ1) is 9.56. The topological polar surface area (TPSA) is 49.3 Å². The van der Waals surface area contributed by atoms with E-state index in [0.29, 0.717) is 0 Å². The molecule has 2 N–H and O–H groups in total. The average molecular weight is 283 g/mol. The molecule has 0 spiro atoms. The molecule has 0 bridgehead atoms. The van der Waals surface area contributed by atoms with E-state index in [1.807, 2.05) is 0 Å². The Hall–Kier alpha value is -1.49. The molecule has 1 aromatic carbocycles. The van der Waals surface area contributed by atoms with Gasteiger partial charge in [-0.05, 0) is 30.4 Å². The minimum Gasteiger partial charge on any atom is -0.391 e. The molecule has 1 atom stereocenters. The van der Waals surface area contributed by atoms with E-state index < -0.39 is 17.7 Å². The van der Waals surface area contributed by atoms with Crippen molar-refractivity contribution in [3.8, 4) is 0 Å². The lowest BCUT2D eigenvalue weighted by atomic mass is 10.0. The van der Waals surface area contributed by atoms with Crippen LogP contribution in [0.3, 0.4) is 0 Å². The number of nitrogens with one attached hydrogen (secondary N) is 1. The third-order valence-electron chi connectivity index (χ3n) is 3.82. The minimum absolute atomic E-state index is 0.149. The first-order valence-corrected chi connectivity index (χ1v) is 6.95. The first-order valence-electron chi connectivity index (χ1n) is 6.95. The maximum Gasteiger partial charge on any atom is 0.224 e. The van der Waals surface area contributed by atoms with Gasteiger partial charge < -0.3 is 10.4 Å². The lowest BCUT2D eigenvalue weighted by molar-refractivity contribution is -0.121. The minimum atomic E-state index is -0.725. The van der Waals surface area contributed by atoms with Crippen LogP contribution in [0.1, 0.15) is 31.2 Å². The fraction of sp³-hybridized carbons (Fsp3) is 0.533. The highest BCUT2D eigenvalue weighted by Gasteiger charge is 2.23. The van der Waals surface area contributed by atoms with Gasteiger partial charge in [-0.1, -0.05) is 18.9 Å². The number of benzene rings is 1. The molecule has 1 unspecified atom stereocenters. The Morgan fingerprint density at radius 3 is 2.70 bits per heavy atom. The number of hydrogen-bond donors (Lipinski definition) is 2. The molecule has 3 nitrogen and oxygen atoms in total. The average Bonchev–Trinajstić information content (AvgIpc) is 2.93. The monoisotopic (exact) mass is 283 g/mol. The molecule has 0 heterocycles. The number of amides is 1. The fourth-order valence-corrected chi connectivity index (χ4v) is 2.63. The first kappa shape index (κ1) is 14.9. The van der Waals surface area contributed by atoms with E-state index >= 15 is 0 Å². The van der Waals surface area contributed by atoms with Crippen LogP contribution in [0.5, 0.6) is 0 Å². The Morgan fingerprint density at radius 2 is 2.05 bits per heavy atom. The third-order valence-corrected chi connectivity index (χ3v) is 3.82. The van der Waals surface area contributed by atoms with Crippen molar-refractivity contribution < 1.29 is 18.7 Å². The lowest BCUT2D eigenvalue weighted by Crippen LogP contribution is -2.36. The number of hydrogen-bond acceptors (Lipinski definition) is 2. The summed E-state index contributed by atoms with van der Waals surface area (Å²) in [5.41, 5.74) is 0.152. The highest BCUT2D eigenvalue weighted by molar-refractivity contribution is 5.78. The fourth-order valence-electron chi connectivity index (χ4n) is 2.63. The quantitative estimate of drug-likeness (QED) is 0.870. The van der Waals surface area contributed by atoms with E-state index in [2.05, 4.69) is 5.32 Å². The van der Waals surface area contributed by atoms with Crippen molar-refractivity contribution in [3.63, 3.8) is 0 Å². The molecule has 1 saturated carbocycles. The number of halogens is 2. The summed E-state index contributed by atoms with van der Waals surface area (Å²) in [7, 11) is 0. The largest absolute Gasteiger partial charge is 0.391 e. The van der Waals surface area contributed by atoms with E-state index in [0.717, 1.165) is 37.8 Å². The Bertz CT molecular complexity index is 473. The van der Waals surface area contributed by atoms with Crippen molar-refractivity contribution in [2.75, 3.05) is 6.54 Å². The van der Waals surface area contributed by atoms with Gasteiger partial charge in [0.2, 0.25) is 5.91 Å². The highest BCUT2D eigenvalue weighted by Crippen LogP contribution is 2.27. The summed E-state index contributed by atoms with van der Waals surface area (Å²) in [5.74, 6) is -1.51. The molecule has 0 aromatic heterocycles. The van der Waals surface area contributed by atoms with Crippen LogP contribution in [0, 0.1) is 17.6 Å². The van der Waals surface area contributed by atoms with E-state index in [1.165, 1.54) is 6.07 Å². The van der Waals surface area contributed by atoms with Gasteiger partial charge >= 0.3 is 0 Å². The molecule has 5 heteroatoms. The van der Waals surface area contributed by atoms with Crippen LogP contribution in [0.25, 0.3) is 0 Å². The SMILES string of the molecule is O=C(Cc1ccc(F)cc1F)NCC(O)C1CCCC1. The van der Waals surface area contributed by atoms with E-state index in [1.54, 1.807) is 0 Å². The lowest BCUT2D eigenvalue weighted by Gasteiger charge is -2.18. The van der Waals surface area contributed by atoms with Gasteiger partial charge in [0.25, 0.3) is 0 Å². The van der Waals surface area contributed by atoms with Crippen LogP contribution in [-0.2, 0) is 11.2 Å². The van der Waals surface area contributed by atoms with Crippen LogP contribution < -0.4 is 5.32 Å². The zero-order valence-electron chi connectivity index (χ0n) is 11.2. The van der Waals surface area contributed by atoms with Gasteiger partial charge in [0.15, 0.2) is 0 Å². The summed E-state index contributed by atoms with van der Waals surface area (Å²) in [6.07, 6.45) is 3.53. The van der Waals surface area contributed by atoms with Gasteiger partial charge in [0.1, 0.15) is 11.6 Å². The Morgan fingerprint density at radius 1 is 1.35 bits per heavy atom. The normalized spacial score (nSPS) is 17.1. The second-order valence-electron chi connectivity index (χ2n) is 5.33. The van der Waals surface area contributed by atoms with E-state index in [-0.39, 0.29) is 30.4 Å². The predicted octanol–water partition coefficient (Wildman–Crippen LogP) is 2.17. The van der Waals surface area contributed by atoms with Crippen LogP contribution in [-0.4, -0.2) is 23.7 Å². The number of aliphatic hydroxyl groups excluding tert-OH is 1. The molecule has 0 aliphatic heterocycles. The Kier molecular flexibility index (Phi) is 5.06. The van der Waals surface area contributed by atoms with Crippen LogP contribution >= 0.6 is 0 Å². The molecule has 0 radical (unpaired) electrons. The molecule has 0 saturated heterocycles. The van der Waals surface area contributed by atoms with Gasteiger partial charge in [-0.15, -0.1) is 0 Å². The summed E-state index contributed by atoms with van der Waals surface area (Å²) in [5, 5.41) is 12.5. The van der Waals surface area contributed by atoms with E-state index in [9.17, 15) is 18.7 Å². The summed E-state index contributed by atoms with van der Waals surface area (Å²) >= 11 is 0. The second kappa shape index (κ2) is 6.79. The molecule has 1 aliphatic carbocycles. The smallest absolute Gasteiger partial charge is 0.224 e.